The van der Waals surface area contributed by atoms with Crippen LogP contribution >= 0.6 is 23.2 Å². The van der Waals surface area contributed by atoms with Gasteiger partial charge in [-0.15, -0.1) is 0 Å². The van der Waals surface area contributed by atoms with Gasteiger partial charge < -0.3 is 10.2 Å². The zero-order valence-corrected chi connectivity index (χ0v) is 12.9. The second kappa shape index (κ2) is 7.14. The summed E-state index contributed by atoms with van der Waals surface area (Å²) in [6, 6.07) is 9.45. The van der Waals surface area contributed by atoms with Gasteiger partial charge in [-0.1, -0.05) is 30.1 Å². The van der Waals surface area contributed by atoms with Crippen molar-refractivity contribution in [1.29, 1.82) is 0 Å². The number of nitrogens with two attached hydrogens (primary N) is 1. The molecule has 5 heteroatoms. The van der Waals surface area contributed by atoms with Crippen LogP contribution < -0.4 is 5.73 Å². The van der Waals surface area contributed by atoms with Crippen molar-refractivity contribution in [3.63, 3.8) is 0 Å². The highest BCUT2D eigenvalue weighted by Crippen LogP contribution is 2.27. The maximum atomic E-state index is 6.08. The molecule has 1 atom stereocenters. The molecule has 3 nitrogen and oxygen atoms in total. The summed E-state index contributed by atoms with van der Waals surface area (Å²) < 4.78 is 5.41. The summed E-state index contributed by atoms with van der Waals surface area (Å²) in [6.07, 6.45) is 1.68. The van der Waals surface area contributed by atoms with Gasteiger partial charge >= 0.3 is 0 Å². The maximum absolute atomic E-state index is 6.08. The smallest absolute Gasteiger partial charge is 0.117 e. The first-order valence-corrected chi connectivity index (χ1v) is 7.32. The number of furan rings is 1. The van der Waals surface area contributed by atoms with E-state index in [1.807, 2.05) is 24.3 Å². The molecule has 108 valence electrons. The third kappa shape index (κ3) is 3.76. The largest absolute Gasteiger partial charge is 0.468 e. The van der Waals surface area contributed by atoms with Crippen LogP contribution in [-0.4, -0.2) is 18.0 Å². The van der Waals surface area contributed by atoms with Crippen molar-refractivity contribution in [3.05, 3.63) is 58.0 Å². The predicted molar refractivity (Wildman–Crippen MR) is 83.0 cm³/mol. The van der Waals surface area contributed by atoms with E-state index in [0.717, 1.165) is 17.9 Å². The molecule has 0 saturated heterocycles. The van der Waals surface area contributed by atoms with Gasteiger partial charge in [-0.3, -0.25) is 4.90 Å². The Bertz CT molecular complexity index is 523. The van der Waals surface area contributed by atoms with Gasteiger partial charge in [-0.25, -0.2) is 0 Å². The standard InChI is InChI=1S/C15H18Cl2N2O/c1-2-19(10-14-4-3-5-20-14)15(9-18)11-6-12(16)8-13(17)7-11/h3-8,15H,2,9-10,18H2,1H3. The lowest BCUT2D eigenvalue weighted by Gasteiger charge is -2.29. The minimum absolute atomic E-state index is 0.0568. The summed E-state index contributed by atoms with van der Waals surface area (Å²) in [5.41, 5.74) is 6.98. The topological polar surface area (TPSA) is 42.4 Å². The molecular formula is C15H18Cl2N2O. The molecule has 2 N–H and O–H groups in total. The summed E-state index contributed by atoms with van der Waals surface area (Å²) in [7, 11) is 0. The summed E-state index contributed by atoms with van der Waals surface area (Å²) in [4.78, 5) is 2.24. The van der Waals surface area contributed by atoms with Crippen molar-refractivity contribution in [1.82, 2.24) is 4.90 Å². The van der Waals surface area contributed by atoms with E-state index < -0.39 is 0 Å². The molecule has 20 heavy (non-hydrogen) atoms. The number of hydrogen-bond donors (Lipinski definition) is 1. The summed E-state index contributed by atoms with van der Waals surface area (Å²) >= 11 is 12.2. The molecule has 0 aliphatic rings. The van der Waals surface area contributed by atoms with Crippen LogP contribution in [-0.2, 0) is 6.54 Å². The van der Waals surface area contributed by atoms with Crippen LogP contribution in [0.1, 0.15) is 24.3 Å². The van der Waals surface area contributed by atoms with Gasteiger partial charge in [0.05, 0.1) is 12.8 Å². The fourth-order valence-electron chi connectivity index (χ4n) is 2.31. The molecule has 0 aliphatic heterocycles. The number of likely N-dealkylation sites (N-methyl/N-ethyl adjacent to an activating group) is 1. The molecule has 0 saturated carbocycles. The number of rotatable bonds is 6. The highest BCUT2D eigenvalue weighted by atomic mass is 35.5. The van der Waals surface area contributed by atoms with E-state index in [-0.39, 0.29) is 6.04 Å². The molecule has 1 unspecified atom stereocenters. The summed E-state index contributed by atoms with van der Waals surface area (Å²) in [5.74, 6) is 0.915. The first-order valence-electron chi connectivity index (χ1n) is 6.56. The SMILES string of the molecule is CCN(Cc1ccco1)C(CN)c1cc(Cl)cc(Cl)c1. The lowest BCUT2D eigenvalue weighted by molar-refractivity contribution is 0.188. The Labute approximate surface area is 129 Å². The average molecular weight is 313 g/mol. The molecule has 0 spiro atoms. The Balaban J connectivity index is 2.24. The van der Waals surface area contributed by atoms with E-state index in [1.54, 1.807) is 12.3 Å². The molecule has 2 rings (SSSR count). The van der Waals surface area contributed by atoms with E-state index in [1.165, 1.54) is 0 Å². The quantitative estimate of drug-likeness (QED) is 0.873. The molecule has 0 bridgehead atoms. The Morgan fingerprint density at radius 2 is 1.95 bits per heavy atom. The molecule has 0 fully saturated rings. The van der Waals surface area contributed by atoms with Crippen LogP contribution in [0.25, 0.3) is 0 Å². The molecule has 1 heterocycles. The van der Waals surface area contributed by atoms with Gasteiger partial charge in [0.25, 0.3) is 0 Å². The van der Waals surface area contributed by atoms with Gasteiger partial charge in [0, 0.05) is 22.6 Å². The molecule has 0 aliphatic carbocycles. The Hall–Kier alpha value is -1.000. The first kappa shape index (κ1) is 15.4. The van der Waals surface area contributed by atoms with E-state index >= 15 is 0 Å². The van der Waals surface area contributed by atoms with E-state index in [4.69, 9.17) is 33.4 Å². The van der Waals surface area contributed by atoms with E-state index in [0.29, 0.717) is 23.1 Å². The zero-order valence-electron chi connectivity index (χ0n) is 11.4. The monoisotopic (exact) mass is 312 g/mol. The van der Waals surface area contributed by atoms with Crippen molar-refractivity contribution in [2.75, 3.05) is 13.1 Å². The summed E-state index contributed by atoms with van der Waals surface area (Å²) in [6.45, 7) is 4.14. The predicted octanol–water partition coefficient (Wildman–Crippen LogP) is 4.11. The van der Waals surface area contributed by atoms with Gasteiger partial charge in [0.2, 0.25) is 0 Å². The molecular weight excluding hydrogens is 295 g/mol. The molecule has 1 aromatic heterocycles. The van der Waals surface area contributed by atoms with Gasteiger partial charge in [0.15, 0.2) is 0 Å². The highest BCUT2D eigenvalue weighted by Gasteiger charge is 2.19. The molecule has 2 aromatic rings. The second-order valence-electron chi connectivity index (χ2n) is 4.60. The van der Waals surface area contributed by atoms with Gasteiger partial charge in [0.1, 0.15) is 5.76 Å². The number of benzene rings is 1. The fourth-order valence-corrected chi connectivity index (χ4v) is 2.85. The van der Waals surface area contributed by atoms with Crippen molar-refractivity contribution in [2.45, 2.75) is 19.5 Å². The molecule has 1 aromatic carbocycles. The number of hydrogen-bond acceptors (Lipinski definition) is 3. The second-order valence-corrected chi connectivity index (χ2v) is 5.47. The average Bonchev–Trinajstić information content (AvgIpc) is 2.90. The van der Waals surface area contributed by atoms with E-state index in [9.17, 15) is 0 Å². The normalized spacial score (nSPS) is 12.8. The lowest BCUT2D eigenvalue weighted by Crippen LogP contribution is -2.33. The Morgan fingerprint density at radius 1 is 1.25 bits per heavy atom. The first-order chi connectivity index (χ1) is 9.63. The lowest BCUT2D eigenvalue weighted by atomic mass is 10.1. The zero-order chi connectivity index (χ0) is 14.5. The van der Waals surface area contributed by atoms with Crippen LogP contribution in [0.15, 0.2) is 41.0 Å². The van der Waals surface area contributed by atoms with Crippen molar-refractivity contribution in [3.8, 4) is 0 Å². The number of halogens is 2. The van der Waals surface area contributed by atoms with Gasteiger partial charge in [-0.05, 0) is 42.4 Å². The van der Waals surface area contributed by atoms with Crippen molar-refractivity contribution in [2.24, 2.45) is 5.73 Å². The van der Waals surface area contributed by atoms with Crippen molar-refractivity contribution < 1.29 is 4.42 Å². The molecule has 0 amide bonds. The van der Waals surface area contributed by atoms with Crippen LogP contribution in [0.3, 0.4) is 0 Å². The van der Waals surface area contributed by atoms with E-state index in [2.05, 4.69) is 11.8 Å². The minimum Gasteiger partial charge on any atom is -0.468 e. The van der Waals surface area contributed by atoms with Crippen molar-refractivity contribution >= 4 is 23.2 Å². The maximum Gasteiger partial charge on any atom is 0.117 e. The van der Waals surface area contributed by atoms with Crippen LogP contribution in [0.5, 0.6) is 0 Å². The fraction of sp³-hybridized carbons (Fsp3) is 0.333. The third-order valence-electron chi connectivity index (χ3n) is 3.28. The Kier molecular flexibility index (Phi) is 5.49. The van der Waals surface area contributed by atoms with Gasteiger partial charge in [-0.2, -0.15) is 0 Å². The van der Waals surface area contributed by atoms with Crippen LogP contribution in [0.4, 0.5) is 0 Å². The number of nitrogens with zero attached hydrogens (tertiary/aromatic N) is 1. The summed E-state index contributed by atoms with van der Waals surface area (Å²) in [5, 5.41) is 1.25. The van der Waals surface area contributed by atoms with Crippen LogP contribution in [0, 0.1) is 0 Å². The third-order valence-corrected chi connectivity index (χ3v) is 3.72. The minimum atomic E-state index is 0.0568. The molecule has 0 radical (unpaired) electrons. The Morgan fingerprint density at radius 3 is 2.45 bits per heavy atom. The highest BCUT2D eigenvalue weighted by molar-refractivity contribution is 6.34. The van der Waals surface area contributed by atoms with Crippen LogP contribution in [0.2, 0.25) is 10.0 Å².